The average Bonchev–Trinajstić information content (AvgIpc) is 2.34. The van der Waals surface area contributed by atoms with Crippen LogP contribution in [0.4, 0.5) is 4.39 Å². The van der Waals surface area contributed by atoms with Gasteiger partial charge in [-0.1, -0.05) is 28.9 Å². The van der Waals surface area contributed by atoms with Gasteiger partial charge >= 0.3 is 0 Å². The molecule has 0 radical (unpaired) electrons. The molecule has 0 unspecified atom stereocenters. The van der Waals surface area contributed by atoms with Gasteiger partial charge in [-0.2, -0.15) is 0 Å². The number of nitrogens with zero attached hydrogens (tertiary/aromatic N) is 1. The Bertz CT molecular complexity index is 387. The van der Waals surface area contributed by atoms with Crippen molar-refractivity contribution in [1.82, 2.24) is 10.2 Å². The van der Waals surface area contributed by atoms with Crippen molar-refractivity contribution in [2.24, 2.45) is 0 Å². The lowest BCUT2D eigenvalue weighted by Crippen LogP contribution is -2.45. The Hall–Kier alpha value is 0.130. The van der Waals surface area contributed by atoms with Gasteiger partial charge in [0, 0.05) is 42.3 Å². The molecule has 2 rings (SSSR count). The second-order valence-corrected chi connectivity index (χ2v) is 5.29. The molecule has 1 aliphatic rings. The first-order chi connectivity index (χ1) is 8.22. The Balaban J connectivity index is 0.00000162. The molecule has 110 valence electrons. The molecule has 0 bridgehead atoms. The van der Waals surface area contributed by atoms with Crippen LogP contribution in [0, 0.1) is 5.82 Å². The van der Waals surface area contributed by atoms with E-state index in [1.54, 1.807) is 6.07 Å². The predicted octanol–water partition coefficient (Wildman–Crippen LogP) is 3.79. The molecule has 1 heterocycles. The van der Waals surface area contributed by atoms with Gasteiger partial charge in [0.05, 0.1) is 0 Å². The third-order valence-corrected chi connectivity index (χ3v) is 3.79. The highest BCUT2D eigenvalue weighted by Gasteiger charge is 2.22. The minimum Gasteiger partial charge on any atom is -0.314 e. The molecular weight excluding hydrogens is 354 g/mol. The molecule has 0 aliphatic carbocycles. The summed E-state index contributed by atoms with van der Waals surface area (Å²) in [6.07, 6.45) is 0.943. The van der Waals surface area contributed by atoms with E-state index in [0.29, 0.717) is 0 Å². The highest BCUT2D eigenvalue weighted by atomic mass is 79.9. The van der Waals surface area contributed by atoms with Crippen molar-refractivity contribution in [1.29, 1.82) is 0 Å². The number of piperazine rings is 1. The van der Waals surface area contributed by atoms with E-state index in [2.05, 4.69) is 33.1 Å². The quantitative estimate of drug-likeness (QED) is 0.867. The van der Waals surface area contributed by atoms with E-state index in [-0.39, 0.29) is 36.7 Å². The van der Waals surface area contributed by atoms with Gasteiger partial charge in [-0.15, -0.1) is 24.8 Å². The van der Waals surface area contributed by atoms with Crippen LogP contribution in [0.2, 0.25) is 0 Å². The topological polar surface area (TPSA) is 15.3 Å². The van der Waals surface area contributed by atoms with E-state index in [4.69, 9.17) is 0 Å². The molecule has 1 aromatic carbocycles. The number of nitrogens with one attached hydrogen (secondary N) is 1. The first-order valence-electron chi connectivity index (χ1n) is 6.12. The Labute approximate surface area is 135 Å². The Morgan fingerprint density at radius 2 is 1.95 bits per heavy atom. The van der Waals surface area contributed by atoms with E-state index >= 15 is 0 Å². The largest absolute Gasteiger partial charge is 0.314 e. The maximum Gasteiger partial charge on any atom is 0.129 e. The minimum absolute atomic E-state index is 0. The summed E-state index contributed by atoms with van der Waals surface area (Å²) in [7, 11) is 0. The summed E-state index contributed by atoms with van der Waals surface area (Å²) in [5.41, 5.74) is 0.817. The summed E-state index contributed by atoms with van der Waals surface area (Å²) in [4.78, 5) is 2.36. The fraction of sp³-hybridized carbons (Fsp3) is 0.538. The molecule has 2 nitrogen and oxygen atoms in total. The van der Waals surface area contributed by atoms with Crippen LogP contribution in [-0.2, 0) is 0 Å². The maximum atomic E-state index is 14.0. The molecule has 1 atom stereocenters. The summed E-state index contributed by atoms with van der Waals surface area (Å²) in [6, 6.07) is 5.57. The van der Waals surface area contributed by atoms with Crippen molar-refractivity contribution in [3.05, 3.63) is 34.1 Å². The first kappa shape index (κ1) is 19.1. The van der Waals surface area contributed by atoms with Crippen LogP contribution in [0.5, 0.6) is 0 Å². The Morgan fingerprint density at radius 3 is 2.47 bits per heavy atom. The van der Waals surface area contributed by atoms with Crippen molar-refractivity contribution in [3.63, 3.8) is 0 Å². The number of halogens is 4. The van der Waals surface area contributed by atoms with Crippen molar-refractivity contribution in [2.75, 3.05) is 26.2 Å². The maximum absolute atomic E-state index is 14.0. The van der Waals surface area contributed by atoms with Crippen molar-refractivity contribution in [3.8, 4) is 0 Å². The SMILES string of the molecule is CC[C@H](c1ccc(Br)cc1F)N1CCNCC1.Cl.Cl. The smallest absolute Gasteiger partial charge is 0.129 e. The molecule has 6 heteroatoms. The summed E-state index contributed by atoms with van der Waals surface area (Å²) in [5.74, 6) is -0.107. The standard InChI is InChI=1S/C13H18BrFN2.2ClH/c1-2-13(17-7-5-16-6-8-17)11-4-3-10(14)9-12(11)15;;/h3-4,9,13,16H,2,5-8H2,1H3;2*1H/t13-;;/m1../s1. The average molecular weight is 374 g/mol. The predicted molar refractivity (Wildman–Crippen MR) is 86.1 cm³/mol. The fourth-order valence-electron chi connectivity index (χ4n) is 2.44. The fourth-order valence-corrected chi connectivity index (χ4v) is 2.77. The lowest BCUT2D eigenvalue weighted by Gasteiger charge is -2.34. The second kappa shape index (κ2) is 9.14. The molecule has 0 saturated carbocycles. The molecule has 1 saturated heterocycles. The minimum atomic E-state index is -0.107. The second-order valence-electron chi connectivity index (χ2n) is 4.38. The highest BCUT2D eigenvalue weighted by molar-refractivity contribution is 9.10. The van der Waals surface area contributed by atoms with Gasteiger partial charge in [-0.25, -0.2) is 4.39 Å². The van der Waals surface area contributed by atoms with E-state index in [1.165, 1.54) is 0 Å². The Morgan fingerprint density at radius 1 is 1.32 bits per heavy atom. The number of benzene rings is 1. The van der Waals surface area contributed by atoms with Crippen LogP contribution in [-0.4, -0.2) is 31.1 Å². The van der Waals surface area contributed by atoms with E-state index in [9.17, 15) is 4.39 Å². The van der Waals surface area contributed by atoms with Crippen LogP contribution in [0.25, 0.3) is 0 Å². The van der Waals surface area contributed by atoms with Gasteiger partial charge in [0.15, 0.2) is 0 Å². The molecular formula is C13H20BrCl2FN2. The lowest BCUT2D eigenvalue weighted by molar-refractivity contribution is 0.166. The molecule has 1 aromatic rings. The molecule has 1 aliphatic heterocycles. The summed E-state index contributed by atoms with van der Waals surface area (Å²) in [5, 5.41) is 3.33. The normalized spacial score (nSPS) is 17.2. The third kappa shape index (κ3) is 4.87. The van der Waals surface area contributed by atoms with Crippen molar-refractivity contribution < 1.29 is 4.39 Å². The molecule has 19 heavy (non-hydrogen) atoms. The first-order valence-corrected chi connectivity index (χ1v) is 6.91. The molecule has 1 N–H and O–H groups in total. The van der Waals surface area contributed by atoms with E-state index in [1.807, 2.05) is 12.1 Å². The summed E-state index contributed by atoms with van der Waals surface area (Å²) >= 11 is 3.30. The van der Waals surface area contributed by atoms with Gasteiger partial charge < -0.3 is 5.32 Å². The highest BCUT2D eigenvalue weighted by Crippen LogP contribution is 2.28. The zero-order valence-corrected chi connectivity index (χ0v) is 14.1. The monoisotopic (exact) mass is 372 g/mol. The number of rotatable bonds is 3. The lowest BCUT2D eigenvalue weighted by atomic mass is 10.0. The zero-order valence-electron chi connectivity index (χ0n) is 10.9. The molecule has 1 fully saturated rings. The van der Waals surface area contributed by atoms with Crippen molar-refractivity contribution in [2.45, 2.75) is 19.4 Å². The summed E-state index contributed by atoms with van der Waals surface area (Å²) < 4.78 is 14.8. The van der Waals surface area contributed by atoms with Gasteiger partial charge in [-0.05, 0) is 18.6 Å². The molecule has 0 aromatic heterocycles. The van der Waals surface area contributed by atoms with E-state index in [0.717, 1.165) is 42.6 Å². The van der Waals surface area contributed by atoms with Crippen LogP contribution >= 0.6 is 40.7 Å². The van der Waals surface area contributed by atoms with Gasteiger partial charge in [0.1, 0.15) is 5.82 Å². The number of hydrogen-bond acceptors (Lipinski definition) is 2. The zero-order chi connectivity index (χ0) is 12.3. The summed E-state index contributed by atoms with van der Waals surface area (Å²) in [6.45, 7) is 6.10. The van der Waals surface area contributed by atoms with Crippen LogP contribution in [0.3, 0.4) is 0 Å². The third-order valence-electron chi connectivity index (χ3n) is 3.30. The molecule has 0 amide bonds. The molecule has 0 spiro atoms. The van der Waals surface area contributed by atoms with Gasteiger partial charge in [0.25, 0.3) is 0 Å². The van der Waals surface area contributed by atoms with Crippen LogP contribution < -0.4 is 5.32 Å². The van der Waals surface area contributed by atoms with Crippen molar-refractivity contribution >= 4 is 40.7 Å². The van der Waals surface area contributed by atoms with Gasteiger partial charge in [-0.3, -0.25) is 4.90 Å². The van der Waals surface area contributed by atoms with Crippen LogP contribution in [0.15, 0.2) is 22.7 Å². The van der Waals surface area contributed by atoms with E-state index < -0.39 is 0 Å². The number of hydrogen-bond donors (Lipinski definition) is 1. The Kier molecular flexibility index (Phi) is 9.20. The van der Waals surface area contributed by atoms with Gasteiger partial charge in [0.2, 0.25) is 0 Å². The van der Waals surface area contributed by atoms with Crippen LogP contribution in [0.1, 0.15) is 24.9 Å².